The van der Waals surface area contributed by atoms with E-state index < -0.39 is 0 Å². The predicted molar refractivity (Wildman–Crippen MR) is 77.3 cm³/mol. The summed E-state index contributed by atoms with van der Waals surface area (Å²) >= 11 is 0. The summed E-state index contributed by atoms with van der Waals surface area (Å²) in [6.45, 7) is 5.84. The normalized spacial score (nSPS) is 17.1. The highest BCUT2D eigenvalue weighted by molar-refractivity contribution is 5.94. The van der Waals surface area contributed by atoms with Crippen molar-refractivity contribution in [3.05, 3.63) is 29.7 Å². The Bertz CT molecular complexity index is 646. The standard InChI is InChI=1S/C14H19N5O2/c1-3-18-9-10(7-16-18)12-5-6-15-13-11(8-17-19(12)13)14(20)21-4-2/h7-9,12,15H,3-6H2,1-2H3. The molecule has 0 fully saturated rings. The fraction of sp³-hybridized carbons (Fsp3) is 0.500. The number of aromatic nitrogens is 4. The van der Waals surface area contributed by atoms with Gasteiger partial charge in [0.15, 0.2) is 0 Å². The third kappa shape index (κ3) is 2.39. The number of fused-ring (bicyclic) bond motifs is 1. The number of aryl methyl sites for hydroxylation is 1. The molecule has 0 amide bonds. The van der Waals surface area contributed by atoms with Gasteiger partial charge < -0.3 is 10.1 Å². The zero-order valence-corrected chi connectivity index (χ0v) is 12.2. The molecule has 0 bridgehead atoms. The van der Waals surface area contributed by atoms with E-state index in [0.29, 0.717) is 12.2 Å². The molecule has 0 saturated heterocycles. The molecule has 112 valence electrons. The van der Waals surface area contributed by atoms with Crippen LogP contribution in [0.4, 0.5) is 5.82 Å². The summed E-state index contributed by atoms with van der Waals surface area (Å²) in [6.07, 6.45) is 6.38. The highest BCUT2D eigenvalue weighted by atomic mass is 16.5. The van der Waals surface area contributed by atoms with E-state index in [1.54, 1.807) is 13.1 Å². The minimum absolute atomic E-state index is 0.102. The molecule has 1 aliphatic heterocycles. The summed E-state index contributed by atoms with van der Waals surface area (Å²) in [7, 11) is 0. The van der Waals surface area contributed by atoms with Crippen molar-refractivity contribution in [3.63, 3.8) is 0 Å². The number of nitrogens with one attached hydrogen (secondary N) is 1. The molecule has 7 heteroatoms. The van der Waals surface area contributed by atoms with Gasteiger partial charge >= 0.3 is 5.97 Å². The van der Waals surface area contributed by atoms with Crippen LogP contribution in [0.3, 0.4) is 0 Å². The molecule has 0 saturated carbocycles. The average molecular weight is 289 g/mol. The lowest BCUT2D eigenvalue weighted by atomic mass is 10.1. The largest absolute Gasteiger partial charge is 0.462 e. The molecule has 2 aromatic heterocycles. The number of ether oxygens (including phenoxy) is 1. The summed E-state index contributed by atoms with van der Waals surface area (Å²) < 4.78 is 8.82. The fourth-order valence-electron chi connectivity index (χ4n) is 2.62. The van der Waals surface area contributed by atoms with Gasteiger partial charge in [-0.15, -0.1) is 0 Å². The molecule has 0 aromatic carbocycles. The second-order valence-corrected chi connectivity index (χ2v) is 4.93. The summed E-state index contributed by atoms with van der Waals surface area (Å²) in [6, 6.07) is 0.102. The SMILES string of the molecule is CCOC(=O)c1cnn2c1NCCC2c1cnn(CC)c1. The molecule has 1 aliphatic rings. The number of esters is 1. The van der Waals surface area contributed by atoms with E-state index in [0.717, 1.165) is 30.9 Å². The van der Waals surface area contributed by atoms with E-state index in [1.807, 2.05) is 21.8 Å². The molecule has 7 nitrogen and oxygen atoms in total. The van der Waals surface area contributed by atoms with Gasteiger partial charge in [0.1, 0.15) is 11.4 Å². The molecule has 0 radical (unpaired) electrons. The summed E-state index contributed by atoms with van der Waals surface area (Å²) in [5.41, 5.74) is 1.60. The monoisotopic (exact) mass is 289 g/mol. The fourth-order valence-corrected chi connectivity index (χ4v) is 2.62. The first kappa shape index (κ1) is 13.7. The number of hydrogen-bond acceptors (Lipinski definition) is 5. The van der Waals surface area contributed by atoms with Crippen LogP contribution in [-0.2, 0) is 11.3 Å². The average Bonchev–Trinajstić information content (AvgIpc) is 3.13. The van der Waals surface area contributed by atoms with Gasteiger partial charge in [-0.1, -0.05) is 0 Å². The van der Waals surface area contributed by atoms with Gasteiger partial charge in [-0.3, -0.25) is 4.68 Å². The second-order valence-electron chi connectivity index (χ2n) is 4.93. The van der Waals surface area contributed by atoms with E-state index in [1.165, 1.54) is 0 Å². The Balaban J connectivity index is 1.93. The molecular weight excluding hydrogens is 270 g/mol. The molecule has 1 N–H and O–H groups in total. The van der Waals surface area contributed by atoms with Crippen molar-refractivity contribution >= 4 is 11.8 Å². The van der Waals surface area contributed by atoms with Crippen LogP contribution in [0.25, 0.3) is 0 Å². The molecular formula is C14H19N5O2. The molecule has 0 spiro atoms. The first-order valence-electron chi connectivity index (χ1n) is 7.25. The Morgan fingerprint density at radius 2 is 2.29 bits per heavy atom. The summed E-state index contributed by atoms with van der Waals surface area (Å²) in [5, 5.41) is 11.9. The Hall–Kier alpha value is -2.31. The van der Waals surface area contributed by atoms with Crippen molar-refractivity contribution in [2.24, 2.45) is 0 Å². The molecule has 1 unspecified atom stereocenters. The maximum Gasteiger partial charge on any atom is 0.343 e. The van der Waals surface area contributed by atoms with Gasteiger partial charge in [0.25, 0.3) is 0 Å². The van der Waals surface area contributed by atoms with Gasteiger partial charge in [-0.05, 0) is 20.3 Å². The number of carbonyl (C=O) groups is 1. The third-order valence-electron chi connectivity index (χ3n) is 3.66. The quantitative estimate of drug-likeness (QED) is 0.867. The highest BCUT2D eigenvalue weighted by Gasteiger charge is 2.28. The zero-order valence-electron chi connectivity index (χ0n) is 12.2. The maximum absolute atomic E-state index is 11.9. The predicted octanol–water partition coefficient (Wildman–Crippen LogP) is 1.68. The van der Waals surface area contributed by atoms with Crippen molar-refractivity contribution in [3.8, 4) is 0 Å². The Morgan fingerprint density at radius 1 is 1.43 bits per heavy atom. The topological polar surface area (TPSA) is 74.0 Å². The van der Waals surface area contributed by atoms with Gasteiger partial charge in [0.2, 0.25) is 0 Å². The van der Waals surface area contributed by atoms with E-state index >= 15 is 0 Å². The Morgan fingerprint density at radius 3 is 3.00 bits per heavy atom. The number of hydrogen-bond donors (Lipinski definition) is 1. The summed E-state index contributed by atoms with van der Waals surface area (Å²) in [4.78, 5) is 11.9. The van der Waals surface area contributed by atoms with E-state index in [4.69, 9.17) is 4.74 Å². The smallest absolute Gasteiger partial charge is 0.343 e. The van der Waals surface area contributed by atoms with Crippen LogP contribution in [0.2, 0.25) is 0 Å². The first-order chi connectivity index (χ1) is 10.2. The van der Waals surface area contributed by atoms with Crippen molar-refractivity contribution in [2.75, 3.05) is 18.5 Å². The molecule has 1 atom stereocenters. The van der Waals surface area contributed by atoms with Crippen LogP contribution in [0.5, 0.6) is 0 Å². The number of nitrogens with zero attached hydrogens (tertiary/aromatic N) is 4. The van der Waals surface area contributed by atoms with Gasteiger partial charge in [-0.25, -0.2) is 9.48 Å². The van der Waals surface area contributed by atoms with E-state index in [9.17, 15) is 4.79 Å². The first-order valence-corrected chi connectivity index (χ1v) is 7.25. The molecule has 2 aromatic rings. The second kappa shape index (κ2) is 5.59. The lowest BCUT2D eigenvalue weighted by Gasteiger charge is -2.25. The van der Waals surface area contributed by atoms with Gasteiger partial charge in [0, 0.05) is 24.8 Å². The lowest BCUT2D eigenvalue weighted by molar-refractivity contribution is 0.0527. The molecule has 3 heterocycles. The van der Waals surface area contributed by atoms with Gasteiger partial charge in [-0.2, -0.15) is 10.2 Å². The van der Waals surface area contributed by atoms with E-state index in [2.05, 4.69) is 22.4 Å². The number of rotatable bonds is 4. The minimum atomic E-state index is -0.337. The molecule has 21 heavy (non-hydrogen) atoms. The lowest BCUT2D eigenvalue weighted by Crippen LogP contribution is -2.25. The van der Waals surface area contributed by atoms with Crippen LogP contribution in [0.15, 0.2) is 18.6 Å². The Kier molecular flexibility index (Phi) is 3.64. The van der Waals surface area contributed by atoms with Crippen molar-refractivity contribution in [2.45, 2.75) is 32.9 Å². The van der Waals surface area contributed by atoms with Crippen molar-refractivity contribution in [1.29, 1.82) is 0 Å². The van der Waals surface area contributed by atoms with Crippen molar-refractivity contribution in [1.82, 2.24) is 19.6 Å². The number of carbonyl (C=O) groups excluding carboxylic acids is 1. The van der Waals surface area contributed by atoms with Crippen LogP contribution in [0, 0.1) is 0 Å². The minimum Gasteiger partial charge on any atom is -0.462 e. The summed E-state index contributed by atoms with van der Waals surface area (Å²) in [5.74, 6) is 0.394. The third-order valence-corrected chi connectivity index (χ3v) is 3.66. The molecule has 3 rings (SSSR count). The van der Waals surface area contributed by atoms with Crippen LogP contribution < -0.4 is 5.32 Å². The van der Waals surface area contributed by atoms with E-state index in [-0.39, 0.29) is 12.0 Å². The van der Waals surface area contributed by atoms with Crippen LogP contribution >= 0.6 is 0 Å². The number of anilines is 1. The molecule has 0 aliphatic carbocycles. The van der Waals surface area contributed by atoms with Gasteiger partial charge in [0.05, 0.1) is 25.0 Å². The Labute approximate surface area is 122 Å². The maximum atomic E-state index is 11.9. The van der Waals surface area contributed by atoms with Crippen LogP contribution in [0.1, 0.15) is 42.2 Å². The van der Waals surface area contributed by atoms with Crippen LogP contribution in [-0.4, -0.2) is 38.7 Å². The van der Waals surface area contributed by atoms with Crippen molar-refractivity contribution < 1.29 is 9.53 Å². The zero-order chi connectivity index (χ0) is 14.8. The highest BCUT2D eigenvalue weighted by Crippen LogP contribution is 2.31.